The number of hydrogen-bond donors (Lipinski definition) is 0. The molecule has 1 aromatic rings. The maximum Gasteiger partial charge on any atom is 0.224 e. The van der Waals surface area contributed by atoms with Crippen LogP contribution in [0.5, 0.6) is 0 Å². The second-order valence-corrected chi connectivity index (χ2v) is 8.79. The summed E-state index contributed by atoms with van der Waals surface area (Å²) in [6.07, 6.45) is 1.02. The number of hydrogen-bond acceptors (Lipinski definition) is 5. The molecule has 2 fully saturated rings. The summed E-state index contributed by atoms with van der Waals surface area (Å²) in [5, 5.41) is 2.95. The van der Waals surface area contributed by atoms with Crippen molar-refractivity contribution >= 4 is 27.3 Å². The predicted octanol–water partition coefficient (Wildman–Crippen LogP) is 0.976. The second-order valence-electron chi connectivity index (χ2n) is 5.52. The van der Waals surface area contributed by atoms with Gasteiger partial charge < -0.3 is 4.90 Å². The van der Waals surface area contributed by atoms with Gasteiger partial charge in [-0.15, -0.1) is 11.3 Å². The molecule has 1 amide bonds. The highest BCUT2D eigenvalue weighted by Gasteiger charge is 2.50. The first kappa shape index (κ1) is 14.9. The number of aryl methyl sites for hydroxylation is 1. The van der Waals surface area contributed by atoms with Crippen LogP contribution in [0.15, 0.2) is 5.38 Å². The van der Waals surface area contributed by atoms with E-state index in [1.54, 1.807) is 18.3 Å². The number of sulfonamides is 1. The molecule has 0 radical (unpaired) electrons. The van der Waals surface area contributed by atoms with E-state index in [0.717, 1.165) is 17.1 Å². The summed E-state index contributed by atoms with van der Waals surface area (Å²) in [6.45, 7) is 4.60. The van der Waals surface area contributed by atoms with Gasteiger partial charge in [0.05, 0.1) is 35.1 Å². The largest absolute Gasteiger partial charge is 0.332 e. The van der Waals surface area contributed by atoms with E-state index in [1.165, 1.54) is 4.31 Å². The van der Waals surface area contributed by atoms with Gasteiger partial charge >= 0.3 is 0 Å². The Balaban J connectivity index is 1.79. The van der Waals surface area contributed by atoms with Crippen LogP contribution in [0.2, 0.25) is 0 Å². The van der Waals surface area contributed by atoms with Crippen molar-refractivity contribution in [2.45, 2.75) is 45.3 Å². The minimum absolute atomic E-state index is 0.000770. The minimum atomic E-state index is -3.23. The van der Waals surface area contributed by atoms with Crippen molar-refractivity contribution in [2.75, 3.05) is 12.3 Å². The summed E-state index contributed by atoms with van der Waals surface area (Å²) in [6, 6.07) is -0.192. The average molecular weight is 329 g/mol. The number of amides is 1. The van der Waals surface area contributed by atoms with E-state index in [0.29, 0.717) is 19.5 Å². The van der Waals surface area contributed by atoms with Crippen LogP contribution in [-0.4, -0.2) is 52.9 Å². The average Bonchev–Trinajstić information content (AvgIpc) is 3.09. The highest BCUT2D eigenvalue weighted by molar-refractivity contribution is 7.89. The van der Waals surface area contributed by atoms with E-state index in [-0.39, 0.29) is 23.7 Å². The summed E-state index contributed by atoms with van der Waals surface area (Å²) >= 11 is 1.57. The van der Waals surface area contributed by atoms with Gasteiger partial charge in [0.1, 0.15) is 0 Å². The maximum absolute atomic E-state index is 12.2. The van der Waals surface area contributed by atoms with Gasteiger partial charge in [-0.3, -0.25) is 4.79 Å². The molecular weight excluding hydrogens is 310 g/mol. The van der Waals surface area contributed by atoms with Gasteiger partial charge in [0, 0.05) is 18.3 Å². The summed E-state index contributed by atoms with van der Waals surface area (Å²) in [7, 11) is -3.23. The van der Waals surface area contributed by atoms with E-state index in [2.05, 4.69) is 4.98 Å². The van der Waals surface area contributed by atoms with Crippen molar-refractivity contribution in [2.24, 2.45) is 0 Å². The first-order chi connectivity index (χ1) is 9.92. The lowest BCUT2D eigenvalue weighted by Gasteiger charge is -2.24. The number of nitrogens with zero attached hydrogens (tertiary/aromatic N) is 3. The van der Waals surface area contributed by atoms with E-state index in [9.17, 15) is 13.2 Å². The summed E-state index contributed by atoms with van der Waals surface area (Å²) in [5.74, 6) is 0.127. The Morgan fingerprint density at radius 3 is 2.81 bits per heavy atom. The third-order valence-corrected chi connectivity index (χ3v) is 7.00. The van der Waals surface area contributed by atoms with Crippen LogP contribution in [0.1, 0.15) is 30.5 Å². The predicted molar refractivity (Wildman–Crippen MR) is 80.4 cm³/mol. The van der Waals surface area contributed by atoms with Crippen molar-refractivity contribution in [1.29, 1.82) is 0 Å². The van der Waals surface area contributed by atoms with Gasteiger partial charge in [-0.2, -0.15) is 4.31 Å². The molecule has 0 saturated carbocycles. The molecule has 21 heavy (non-hydrogen) atoms. The first-order valence-corrected chi connectivity index (χ1v) is 9.61. The Labute approximate surface area is 128 Å². The standard InChI is InChI=1S/C13H19N3O3S2/c1-3-21(18,19)16-5-4-11-12(16)6-13(17)15(11)7-10-8-20-9(2)14-10/h8,11-12H,3-7H2,1-2H3/t11-,12+/m1/s1. The first-order valence-electron chi connectivity index (χ1n) is 7.12. The number of fused-ring (bicyclic) bond motifs is 1. The molecule has 2 aliphatic rings. The topological polar surface area (TPSA) is 70.6 Å². The summed E-state index contributed by atoms with van der Waals surface area (Å²) < 4.78 is 25.7. The summed E-state index contributed by atoms with van der Waals surface area (Å²) in [4.78, 5) is 18.4. The van der Waals surface area contributed by atoms with Crippen LogP contribution < -0.4 is 0 Å². The number of aromatic nitrogens is 1. The van der Waals surface area contributed by atoms with Crippen molar-refractivity contribution < 1.29 is 13.2 Å². The lowest BCUT2D eigenvalue weighted by molar-refractivity contribution is -0.129. The Bertz CT molecular complexity index is 655. The molecule has 3 rings (SSSR count). The van der Waals surface area contributed by atoms with E-state index < -0.39 is 10.0 Å². The Morgan fingerprint density at radius 2 is 2.19 bits per heavy atom. The zero-order chi connectivity index (χ0) is 15.2. The number of likely N-dealkylation sites (tertiary alicyclic amines) is 1. The number of rotatable bonds is 4. The van der Waals surface area contributed by atoms with E-state index >= 15 is 0 Å². The van der Waals surface area contributed by atoms with Gasteiger partial charge in [0.25, 0.3) is 0 Å². The SMILES string of the molecule is CCS(=O)(=O)N1CC[C@@H]2[C@@H]1CC(=O)N2Cc1csc(C)n1. The Hall–Kier alpha value is -0.990. The number of carbonyl (C=O) groups excluding carboxylic acids is 1. The fourth-order valence-corrected chi connectivity index (χ4v) is 5.21. The van der Waals surface area contributed by atoms with Crippen molar-refractivity contribution in [3.8, 4) is 0 Å². The van der Waals surface area contributed by atoms with Crippen molar-refractivity contribution in [3.63, 3.8) is 0 Å². The third-order valence-electron chi connectivity index (χ3n) is 4.28. The van der Waals surface area contributed by atoms with Crippen molar-refractivity contribution in [1.82, 2.24) is 14.2 Å². The molecule has 0 aromatic carbocycles. The smallest absolute Gasteiger partial charge is 0.224 e. The molecule has 0 bridgehead atoms. The molecule has 8 heteroatoms. The maximum atomic E-state index is 12.2. The van der Waals surface area contributed by atoms with Gasteiger partial charge in [0.15, 0.2) is 0 Å². The van der Waals surface area contributed by atoms with Crippen LogP contribution in [-0.2, 0) is 21.4 Å². The molecule has 0 N–H and O–H groups in total. The van der Waals surface area contributed by atoms with E-state index in [1.807, 2.05) is 17.2 Å². The third kappa shape index (κ3) is 2.60. The molecule has 0 spiro atoms. The van der Waals surface area contributed by atoms with Gasteiger partial charge in [0.2, 0.25) is 15.9 Å². The molecular formula is C13H19N3O3S2. The van der Waals surface area contributed by atoms with Crippen LogP contribution >= 0.6 is 11.3 Å². The molecule has 0 aliphatic carbocycles. The quantitative estimate of drug-likeness (QED) is 0.825. The number of carbonyl (C=O) groups is 1. The monoisotopic (exact) mass is 329 g/mol. The lowest BCUT2D eigenvalue weighted by Crippen LogP contribution is -2.40. The van der Waals surface area contributed by atoms with Crippen LogP contribution in [0, 0.1) is 6.92 Å². The highest BCUT2D eigenvalue weighted by Crippen LogP contribution is 2.35. The van der Waals surface area contributed by atoms with Crippen molar-refractivity contribution in [3.05, 3.63) is 16.1 Å². The zero-order valence-electron chi connectivity index (χ0n) is 12.2. The second kappa shape index (κ2) is 5.33. The molecule has 0 unspecified atom stereocenters. The Kier molecular flexibility index (Phi) is 3.79. The van der Waals surface area contributed by atoms with Crippen LogP contribution in [0.25, 0.3) is 0 Å². The number of thiazole rings is 1. The molecule has 6 nitrogen and oxygen atoms in total. The highest BCUT2D eigenvalue weighted by atomic mass is 32.2. The van der Waals surface area contributed by atoms with Gasteiger partial charge in [-0.1, -0.05) is 0 Å². The van der Waals surface area contributed by atoms with Crippen LogP contribution in [0.3, 0.4) is 0 Å². The van der Waals surface area contributed by atoms with E-state index in [4.69, 9.17) is 0 Å². The molecule has 2 aliphatic heterocycles. The summed E-state index contributed by atoms with van der Waals surface area (Å²) in [5.41, 5.74) is 0.892. The fourth-order valence-electron chi connectivity index (χ4n) is 3.26. The van der Waals surface area contributed by atoms with Gasteiger partial charge in [-0.25, -0.2) is 13.4 Å². The molecule has 2 saturated heterocycles. The molecule has 1 aromatic heterocycles. The van der Waals surface area contributed by atoms with Gasteiger partial charge in [-0.05, 0) is 20.3 Å². The molecule has 3 heterocycles. The minimum Gasteiger partial charge on any atom is -0.332 e. The normalized spacial score (nSPS) is 26.6. The molecule has 2 atom stereocenters. The fraction of sp³-hybridized carbons (Fsp3) is 0.692. The van der Waals surface area contributed by atoms with Crippen LogP contribution in [0.4, 0.5) is 0 Å². The molecule has 116 valence electrons. The zero-order valence-corrected chi connectivity index (χ0v) is 13.8. The lowest BCUT2D eigenvalue weighted by atomic mass is 10.1. The Morgan fingerprint density at radius 1 is 1.43 bits per heavy atom.